The molecule has 1 rings (SSSR count). The highest BCUT2D eigenvalue weighted by Crippen LogP contribution is 1.83. The summed E-state index contributed by atoms with van der Waals surface area (Å²) in [7, 11) is 1.80. The Bertz CT molecular complexity index is 193. The highest BCUT2D eigenvalue weighted by molar-refractivity contribution is 7.79. The van der Waals surface area contributed by atoms with Gasteiger partial charge in [-0.1, -0.05) is 17.4 Å². The summed E-state index contributed by atoms with van der Waals surface area (Å²) in [5.41, 5.74) is 0.738. The third-order valence-electron chi connectivity index (χ3n) is 0.741. The van der Waals surface area contributed by atoms with Crippen LogP contribution in [0.4, 0.5) is 0 Å². The molecule has 0 N–H and O–H groups in total. The van der Waals surface area contributed by atoms with E-state index in [-0.39, 0.29) is 0 Å². The van der Waals surface area contributed by atoms with Gasteiger partial charge in [-0.3, -0.25) is 4.68 Å². The van der Waals surface area contributed by atoms with Gasteiger partial charge in [0.15, 0.2) is 0 Å². The quantitative estimate of drug-likeness (QED) is 0.503. The molecule has 1 aromatic heterocycles. The number of rotatable bonds is 1. The van der Waals surface area contributed by atoms with Crippen LogP contribution in [0.15, 0.2) is 6.20 Å². The summed E-state index contributed by atoms with van der Waals surface area (Å²) in [6.45, 7) is 0. The molecule has 0 bridgehead atoms. The van der Waals surface area contributed by atoms with Crippen molar-refractivity contribution >= 4 is 17.6 Å². The lowest BCUT2D eigenvalue weighted by atomic mass is 10.6. The normalized spacial score (nSPS) is 9.12. The van der Waals surface area contributed by atoms with Crippen LogP contribution in [-0.2, 0) is 7.05 Å². The van der Waals surface area contributed by atoms with Crippen LogP contribution in [0.5, 0.6) is 0 Å². The summed E-state index contributed by atoms with van der Waals surface area (Å²) in [6, 6.07) is 0. The molecule has 4 heteroatoms. The molecule has 0 saturated heterocycles. The summed E-state index contributed by atoms with van der Waals surface area (Å²) < 4.78 is 1.61. The van der Waals surface area contributed by atoms with E-state index in [1.165, 1.54) is 5.37 Å². The molecule has 0 unspecified atom stereocenters. The van der Waals surface area contributed by atoms with Crippen LogP contribution in [0.1, 0.15) is 5.69 Å². The van der Waals surface area contributed by atoms with E-state index in [0.717, 1.165) is 5.69 Å². The van der Waals surface area contributed by atoms with Crippen molar-refractivity contribution in [2.45, 2.75) is 0 Å². The molecule has 0 atom stereocenters. The maximum absolute atomic E-state index is 4.59. The lowest BCUT2D eigenvalue weighted by Gasteiger charge is -1.75. The van der Waals surface area contributed by atoms with E-state index in [9.17, 15) is 0 Å². The molecule has 1 aromatic rings. The van der Waals surface area contributed by atoms with E-state index >= 15 is 0 Å². The van der Waals surface area contributed by atoms with E-state index in [1.807, 2.05) is 0 Å². The molecule has 42 valence electrons. The zero-order valence-electron chi connectivity index (χ0n) is 4.40. The molecule has 1 heterocycles. The highest BCUT2D eigenvalue weighted by Gasteiger charge is 1.88. The molecule has 0 saturated carbocycles. The van der Waals surface area contributed by atoms with Gasteiger partial charge >= 0.3 is 0 Å². The first-order chi connectivity index (χ1) is 3.83. The minimum absolute atomic E-state index is 0.738. The predicted octanol–water partition coefficient (Wildman–Crippen LogP) is 0.163. The van der Waals surface area contributed by atoms with Crippen LogP contribution in [0.2, 0.25) is 0 Å². The SMILES string of the molecule is Cn1cc(C=S)nn1. The molecule has 0 amide bonds. The van der Waals surface area contributed by atoms with Crippen LogP contribution in [0, 0.1) is 0 Å². The Morgan fingerprint density at radius 2 is 2.62 bits per heavy atom. The summed E-state index contributed by atoms with van der Waals surface area (Å²) in [5, 5.41) is 8.84. The third-order valence-corrected chi connectivity index (χ3v) is 0.983. The Labute approximate surface area is 52.3 Å². The van der Waals surface area contributed by atoms with Gasteiger partial charge in [0.25, 0.3) is 0 Å². The van der Waals surface area contributed by atoms with Crippen molar-refractivity contribution in [3.8, 4) is 0 Å². The second kappa shape index (κ2) is 2.00. The largest absolute Gasteiger partial charge is 0.255 e. The van der Waals surface area contributed by atoms with Crippen molar-refractivity contribution in [1.29, 1.82) is 0 Å². The number of aryl methyl sites for hydroxylation is 1. The first-order valence-corrected chi connectivity index (χ1v) is 2.61. The van der Waals surface area contributed by atoms with Gasteiger partial charge in [0, 0.05) is 12.4 Å². The van der Waals surface area contributed by atoms with E-state index < -0.39 is 0 Å². The van der Waals surface area contributed by atoms with Crippen LogP contribution in [-0.4, -0.2) is 20.4 Å². The molecule has 8 heavy (non-hydrogen) atoms. The van der Waals surface area contributed by atoms with Crippen molar-refractivity contribution < 1.29 is 0 Å². The molecule has 0 spiro atoms. The van der Waals surface area contributed by atoms with Gasteiger partial charge in [-0.25, -0.2) is 0 Å². The number of hydrogen-bond acceptors (Lipinski definition) is 3. The lowest BCUT2D eigenvalue weighted by Crippen LogP contribution is -1.85. The van der Waals surface area contributed by atoms with Crippen LogP contribution < -0.4 is 0 Å². The van der Waals surface area contributed by atoms with Gasteiger partial charge in [0.05, 0.1) is 6.20 Å². The molecule has 3 nitrogen and oxygen atoms in total. The van der Waals surface area contributed by atoms with Gasteiger partial charge in [-0.2, -0.15) is 0 Å². The Hall–Kier alpha value is -0.770. The fraction of sp³-hybridized carbons (Fsp3) is 0.250. The predicted molar refractivity (Wildman–Crippen MR) is 33.8 cm³/mol. The fourth-order valence-corrected chi connectivity index (χ4v) is 0.527. The van der Waals surface area contributed by atoms with Crippen LogP contribution in [0.3, 0.4) is 0 Å². The average molecular weight is 127 g/mol. The lowest BCUT2D eigenvalue weighted by molar-refractivity contribution is 0.715. The van der Waals surface area contributed by atoms with Crippen LogP contribution in [0.25, 0.3) is 0 Å². The zero-order valence-corrected chi connectivity index (χ0v) is 5.22. The van der Waals surface area contributed by atoms with Gasteiger partial charge in [0.2, 0.25) is 0 Å². The maximum Gasteiger partial charge on any atom is 0.116 e. The standard InChI is InChI=1S/C4H5N3S/c1-7-2-4(3-8)5-6-7/h2-3H,1H3. The molecular formula is C4H5N3S. The summed E-state index contributed by atoms with van der Waals surface area (Å²) >= 11 is 4.59. The highest BCUT2D eigenvalue weighted by atomic mass is 32.1. The van der Waals surface area contributed by atoms with E-state index in [1.54, 1.807) is 17.9 Å². The van der Waals surface area contributed by atoms with Gasteiger partial charge < -0.3 is 0 Å². The van der Waals surface area contributed by atoms with Crippen molar-refractivity contribution in [2.75, 3.05) is 0 Å². The maximum atomic E-state index is 4.59. The summed E-state index contributed by atoms with van der Waals surface area (Å²) in [6.07, 6.45) is 1.76. The molecule has 0 aliphatic heterocycles. The topological polar surface area (TPSA) is 30.7 Å². The Balaban J connectivity index is 3.00. The number of hydrogen-bond donors (Lipinski definition) is 0. The molecular weight excluding hydrogens is 122 g/mol. The zero-order chi connectivity index (χ0) is 5.98. The second-order valence-corrected chi connectivity index (χ2v) is 1.67. The molecule has 0 aliphatic rings. The van der Waals surface area contributed by atoms with E-state index in [4.69, 9.17) is 0 Å². The summed E-state index contributed by atoms with van der Waals surface area (Å²) in [4.78, 5) is 0. The van der Waals surface area contributed by atoms with Crippen molar-refractivity contribution in [3.63, 3.8) is 0 Å². The Morgan fingerprint density at radius 3 is 2.88 bits per heavy atom. The fourth-order valence-electron chi connectivity index (χ4n) is 0.419. The van der Waals surface area contributed by atoms with Gasteiger partial charge in [-0.05, 0) is 0 Å². The molecule has 0 fully saturated rings. The average Bonchev–Trinajstić information content (AvgIpc) is 2.14. The smallest absolute Gasteiger partial charge is 0.116 e. The monoisotopic (exact) mass is 127 g/mol. The van der Waals surface area contributed by atoms with Gasteiger partial charge in [0.1, 0.15) is 5.69 Å². The minimum Gasteiger partial charge on any atom is -0.255 e. The second-order valence-electron chi connectivity index (χ2n) is 1.43. The van der Waals surface area contributed by atoms with E-state index in [2.05, 4.69) is 22.5 Å². The number of nitrogens with zero attached hydrogens (tertiary/aromatic N) is 3. The van der Waals surface area contributed by atoms with Crippen molar-refractivity contribution in [1.82, 2.24) is 15.0 Å². The molecule has 0 aliphatic carbocycles. The van der Waals surface area contributed by atoms with Crippen LogP contribution >= 0.6 is 12.2 Å². The number of aromatic nitrogens is 3. The molecule has 0 radical (unpaired) electrons. The Morgan fingerprint density at radius 1 is 1.88 bits per heavy atom. The van der Waals surface area contributed by atoms with Gasteiger partial charge in [-0.15, -0.1) is 5.10 Å². The molecule has 0 aromatic carbocycles. The minimum atomic E-state index is 0.738. The first kappa shape index (κ1) is 5.37. The van der Waals surface area contributed by atoms with Crippen molar-refractivity contribution in [3.05, 3.63) is 11.9 Å². The summed E-state index contributed by atoms with van der Waals surface area (Å²) in [5.74, 6) is 0. The first-order valence-electron chi connectivity index (χ1n) is 2.14. The number of thiocarbonyl (C=S) groups is 1. The van der Waals surface area contributed by atoms with E-state index in [0.29, 0.717) is 0 Å². The Kier molecular flexibility index (Phi) is 1.34. The van der Waals surface area contributed by atoms with Crippen molar-refractivity contribution in [2.24, 2.45) is 7.05 Å². The third kappa shape index (κ3) is 0.894.